The molecule has 0 bridgehead atoms. The number of ether oxygens (including phenoxy) is 1. The van der Waals surface area contributed by atoms with Gasteiger partial charge < -0.3 is 25.2 Å². The van der Waals surface area contributed by atoms with Crippen LogP contribution in [0.1, 0.15) is 22.8 Å². The zero-order valence-electron chi connectivity index (χ0n) is 18.0. The number of nitrogens with zero attached hydrogens (tertiary/aromatic N) is 3. The Labute approximate surface area is 178 Å². The van der Waals surface area contributed by atoms with E-state index in [0.717, 1.165) is 43.5 Å². The van der Waals surface area contributed by atoms with Crippen molar-refractivity contribution in [2.75, 3.05) is 51.8 Å². The number of methoxy groups -OCH3 is 1. The lowest BCUT2D eigenvalue weighted by Crippen LogP contribution is -2.52. The number of nitrogens with one attached hydrogen (secondary N) is 2. The van der Waals surface area contributed by atoms with Crippen molar-refractivity contribution in [1.82, 2.24) is 15.5 Å². The van der Waals surface area contributed by atoms with Crippen molar-refractivity contribution >= 4 is 17.6 Å². The summed E-state index contributed by atoms with van der Waals surface area (Å²) in [4.78, 5) is 21.0. The molecule has 1 aliphatic heterocycles. The van der Waals surface area contributed by atoms with Gasteiger partial charge in [0.1, 0.15) is 5.75 Å². The molecule has 0 saturated carbocycles. The number of hydrogen-bond acceptors (Lipinski definition) is 4. The summed E-state index contributed by atoms with van der Waals surface area (Å²) >= 11 is 0. The SMILES string of the molecule is CCNC(=O)c1ccc(CNC(=NC)N2CCN(c3ccc(OC)cc3)CC2)cc1. The lowest BCUT2D eigenvalue weighted by molar-refractivity contribution is 0.0956. The van der Waals surface area contributed by atoms with Crippen molar-refractivity contribution in [3.63, 3.8) is 0 Å². The van der Waals surface area contributed by atoms with E-state index in [1.807, 2.05) is 50.4 Å². The smallest absolute Gasteiger partial charge is 0.251 e. The molecule has 1 fully saturated rings. The number of hydrogen-bond donors (Lipinski definition) is 2. The second-order valence-corrected chi connectivity index (χ2v) is 7.13. The van der Waals surface area contributed by atoms with Crippen LogP contribution in [0.4, 0.5) is 5.69 Å². The molecule has 1 aliphatic rings. The van der Waals surface area contributed by atoms with Crippen LogP contribution >= 0.6 is 0 Å². The second-order valence-electron chi connectivity index (χ2n) is 7.13. The molecule has 0 aliphatic carbocycles. The summed E-state index contributed by atoms with van der Waals surface area (Å²) in [6.45, 7) is 6.90. The molecule has 7 heteroatoms. The Kier molecular flexibility index (Phi) is 7.54. The van der Waals surface area contributed by atoms with E-state index in [9.17, 15) is 4.79 Å². The third-order valence-electron chi connectivity index (χ3n) is 5.23. The van der Waals surface area contributed by atoms with Crippen LogP contribution in [0.5, 0.6) is 5.75 Å². The van der Waals surface area contributed by atoms with Crippen LogP contribution in [0.2, 0.25) is 0 Å². The highest BCUT2D eigenvalue weighted by Crippen LogP contribution is 2.20. The van der Waals surface area contributed by atoms with E-state index in [0.29, 0.717) is 18.7 Å². The third kappa shape index (κ3) is 5.43. The van der Waals surface area contributed by atoms with Crippen LogP contribution in [0.15, 0.2) is 53.5 Å². The molecule has 3 rings (SSSR count). The first-order valence-electron chi connectivity index (χ1n) is 10.4. The lowest BCUT2D eigenvalue weighted by Gasteiger charge is -2.37. The maximum atomic E-state index is 11.9. The summed E-state index contributed by atoms with van der Waals surface area (Å²) in [5.41, 5.74) is 3.01. The average Bonchev–Trinajstić information content (AvgIpc) is 2.80. The van der Waals surface area contributed by atoms with Gasteiger partial charge in [0.25, 0.3) is 5.91 Å². The second kappa shape index (κ2) is 10.5. The summed E-state index contributed by atoms with van der Waals surface area (Å²) < 4.78 is 5.24. The van der Waals surface area contributed by atoms with Gasteiger partial charge in [-0.15, -0.1) is 0 Å². The van der Waals surface area contributed by atoms with Crippen molar-refractivity contribution in [3.8, 4) is 5.75 Å². The Hall–Kier alpha value is -3.22. The Balaban J connectivity index is 1.50. The van der Waals surface area contributed by atoms with Crippen molar-refractivity contribution in [2.24, 2.45) is 4.99 Å². The fourth-order valence-electron chi connectivity index (χ4n) is 3.52. The summed E-state index contributed by atoms with van der Waals surface area (Å²) in [5, 5.41) is 6.25. The van der Waals surface area contributed by atoms with Gasteiger partial charge >= 0.3 is 0 Å². The number of guanidine groups is 1. The summed E-state index contributed by atoms with van der Waals surface area (Å²) in [5.74, 6) is 1.74. The molecule has 1 heterocycles. The van der Waals surface area contributed by atoms with Gasteiger partial charge in [-0.1, -0.05) is 12.1 Å². The van der Waals surface area contributed by atoms with E-state index < -0.39 is 0 Å². The molecule has 2 aromatic rings. The maximum Gasteiger partial charge on any atom is 0.251 e. The van der Waals surface area contributed by atoms with Crippen LogP contribution in [0.25, 0.3) is 0 Å². The predicted molar refractivity (Wildman–Crippen MR) is 121 cm³/mol. The minimum Gasteiger partial charge on any atom is -0.497 e. The van der Waals surface area contributed by atoms with Gasteiger partial charge in [-0.05, 0) is 48.9 Å². The van der Waals surface area contributed by atoms with Crippen LogP contribution in [-0.2, 0) is 6.54 Å². The normalized spacial score (nSPS) is 14.4. The van der Waals surface area contributed by atoms with E-state index in [1.165, 1.54) is 5.69 Å². The average molecular weight is 410 g/mol. The summed E-state index contributed by atoms with van der Waals surface area (Å²) in [7, 11) is 3.50. The highest BCUT2D eigenvalue weighted by atomic mass is 16.5. The van der Waals surface area contributed by atoms with Crippen molar-refractivity contribution in [2.45, 2.75) is 13.5 Å². The number of benzene rings is 2. The van der Waals surface area contributed by atoms with E-state index in [2.05, 4.69) is 37.6 Å². The highest BCUT2D eigenvalue weighted by molar-refractivity contribution is 5.94. The first kappa shape index (κ1) is 21.5. The van der Waals surface area contributed by atoms with Crippen LogP contribution in [-0.4, -0.2) is 63.6 Å². The van der Waals surface area contributed by atoms with Crippen LogP contribution in [0, 0.1) is 0 Å². The summed E-state index contributed by atoms with van der Waals surface area (Å²) in [6.07, 6.45) is 0. The van der Waals surface area contributed by atoms with Crippen LogP contribution < -0.4 is 20.3 Å². The van der Waals surface area contributed by atoms with E-state index in [1.54, 1.807) is 7.11 Å². The molecule has 0 unspecified atom stereocenters. The molecule has 0 spiro atoms. The Morgan fingerprint density at radius 3 is 2.23 bits per heavy atom. The van der Waals surface area contributed by atoms with Crippen molar-refractivity contribution < 1.29 is 9.53 Å². The Morgan fingerprint density at radius 2 is 1.67 bits per heavy atom. The molecule has 7 nitrogen and oxygen atoms in total. The van der Waals surface area contributed by atoms with Crippen LogP contribution in [0.3, 0.4) is 0 Å². The molecular weight excluding hydrogens is 378 g/mol. The molecule has 2 aromatic carbocycles. The topological polar surface area (TPSA) is 69.2 Å². The van der Waals surface area contributed by atoms with Crippen molar-refractivity contribution in [1.29, 1.82) is 0 Å². The summed E-state index contributed by atoms with van der Waals surface area (Å²) in [6, 6.07) is 15.9. The number of piperazine rings is 1. The third-order valence-corrected chi connectivity index (χ3v) is 5.23. The van der Waals surface area contributed by atoms with E-state index in [-0.39, 0.29) is 5.91 Å². The van der Waals surface area contributed by atoms with Gasteiger partial charge in [-0.2, -0.15) is 0 Å². The molecule has 160 valence electrons. The molecule has 0 atom stereocenters. The first-order valence-corrected chi connectivity index (χ1v) is 10.4. The minimum atomic E-state index is -0.0393. The van der Waals surface area contributed by atoms with E-state index in [4.69, 9.17) is 4.74 Å². The molecular formula is C23H31N5O2. The molecule has 30 heavy (non-hydrogen) atoms. The predicted octanol–water partition coefficient (Wildman–Crippen LogP) is 2.34. The monoisotopic (exact) mass is 409 g/mol. The largest absolute Gasteiger partial charge is 0.497 e. The molecule has 1 saturated heterocycles. The van der Waals surface area contributed by atoms with Gasteiger partial charge in [0.15, 0.2) is 5.96 Å². The standard InChI is InChI=1S/C23H31N5O2/c1-4-25-22(29)19-7-5-18(6-8-19)17-26-23(24-2)28-15-13-27(14-16-28)20-9-11-21(30-3)12-10-20/h5-12H,4,13-17H2,1-3H3,(H,24,26)(H,25,29). The molecule has 0 radical (unpaired) electrons. The van der Waals surface area contributed by atoms with Gasteiger partial charge in [-0.3, -0.25) is 9.79 Å². The molecule has 1 amide bonds. The lowest BCUT2D eigenvalue weighted by atomic mass is 10.1. The quantitative estimate of drug-likeness (QED) is 0.566. The fourth-order valence-corrected chi connectivity index (χ4v) is 3.52. The van der Waals surface area contributed by atoms with Gasteiger partial charge in [0.05, 0.1) is 7.11 Å². The van der Waals surface area contributed by atoms with E-state index >= 15 is 0 Å². The number of amides is 1. The number of aliphatic imine (C=N–C) groups is 1. The Bertz CT molecular complexity index is 841. The fraction of sp³-hybridized carbons (Fsp3) is 0.391. The number of anilines is 1. The first-order chi connectivity index (χ1) is 14.6. The highest BCUT2D eigenvalue weighted by Gasteiger charge is 2.19. The van der Waals surface area contributed by atoms with Gasteiger partial charge in [0, 0.05) is 57.6 Å². The zero-order valence-corrected chi connectivity index (χ0v) is 18.0. The number of carbonyl (C=O) groups is 1. The Morgan fingerprint density at radius 1 is 1.00 bits per heavy atom. The molecule has 0 aromatic heterocycles. The van der Waals surface area contributed by atoms with Gasteiger partial charge in [0.2, 0.25) is 0 Å². The molecule has 2 N–H and O–H groups in total. The van der Waals surface area contributed by atoms with Gasteiger partial charge in [-0.25, -0.2) is 0 Å². The number of carbonyl (C=O) groups excluding carboxylic acids is 1. The minimum absolute atomic E-state index is 0.0393. The maximum absolute atomic E-state index is 11.9. The van der Waals surface area contributed by atoms with Crippen molar-refractivity contribution in [3.05, 3.63) is 59.7 Å². The number of rotatable bonds is 6. The zero-order chi connectivity index (χ0) is 21.3.